The van der Waals surface area contributed by atoms with E-state index >= 15 is 0 Å². The molecular formula is C10H16O4. The van der Waals surface area contributed by atoms with Crippen molar-refractivity contribution in [2.45, 2.75) is 39.1 Å². The van der Waals surface area contributed by atoms with Crippen LogP contribution in [0.2, 0.25) is 0 Å². The van der Waals surface area contributed by atoms with Gasteiger partial charge < -0.3 is 14.6 Å². The second-order valence-corrected chi connectivity index (χ2v) is 3.72. The Morgan fingerprint density at radius 1 is 1.64 bits per heavy atom. The lowest BCUT2D eigenvalue weighted by atomic mass is 10.1. The number of carboxylic acids is 1. The minimum atomic E-state index is -0.888. The maximum absolute atomic E-state index is 10.7. The van der Waals surface area contributed by atoms with Crippen LogP contribution in [-0.2, 0) is 14.3 Å². The zero-order valence-electron chi connectivity index (χ0n) is 8.74. The molecule has 1 N–H and O–H groups in total. The summed E-state index contributed by atoms with van der Waals surface area (Å²) in [5.41, 5.74) is 0.372. The first-order valence-corrected chi connectivity index (χ1v) is 4.70. The molecule has 1 heterocycles. The van der Waals surface area contributed by atoms with Crippen molar-refractivity contribution in [1.82, 2.24) is 0 Å². The van der Waals surface area contributed by atoms with Crippen LogP contribution in [0.1, 0.15) is 27.2 Å². The Hall–Kier alpha value is -0.870. The highest BCUT2D eigenvalue weighted by Gasteiger charge is 2.31. The maximum atomic E-state index is 10.7. The predicted octanol–water partition coefficient (Wildman–Crippen LogP) is 1.56. The number of ether oxygens (including phenoxy) is 2. The van der Waals surface area contributed by atoms with E-state index in [2.05, 4.69) is 0 Å². The van der Waals surface area contributed by atoms with Gasteiger partial charge in [0.1, 0.15) is 6.10 Å². The molecule has 0 bridgehead atoms. The Morgan fingerprint density at radius 2 is 2.29 bits per heavy atom. The minimum Gasteiger partial charge on any atom is -0.478 e. The van der Waals surface area contributed by atoms with Gasteiger partial charge in [-0.05, 0) is 26.3 Å². The van der Waals surface area contributed by atoms with Crippen LogP contribution in [0.15, 0.2) is 11.6 Å². The van der Waals surface area contributed by atoms with Crippen molar-refractivity contribution in [1.29, 1.82) is 0 Å². The molecule has 4 nitrogen and oxygen atoms in total. The van der Waals surface area contributed by atoms with Gasteiger partial charge in [0, 0.05) is 5.57 Å². The van der Waals surface area contributed by atoms with Gasteiger partial charge in [0.2, 0.25) is 0 Å². The summed E-state index contributed by atoms with van der Waals surface area (Å²) in [6.07, 6.45) is 1.88. The van der Waals surface area contributed by atoms with Crippen molar-refractivity contribution in [2.75, 3.05) is 6.61 Å². The molecule has 0 aromatic carbocycles. The van der Waals surface area contributed by atoms with Gasteiger partial charge in [0.05, 0.1) is 6.61 Å². The molecule has 1 rings (SSSR count). The summed E-state index contributed by atoms with van der Waals surface area (Å²) in [6.45, 7) is 5.85. The highest BCUT2D eigenvalue weighted by Crippen LogP contribution is 2.23. The lowest BCUT2D eigenvalue weighted by Crippen LogP contribution is -2.21. The highest BCUT2D eigenvalue weighted by molar-refractivity contribution is 5.86. The summed E-state index contributed by atoms with van der Waals surface area (Å²) in [6, 6.07) is 0. The molecule has 14 heavy (non-hydrogen) atoms. The lowest BCUT2D eigenvalue weighted by molar-refractivity contribution is -0.135. The Balaban J connectivity index is 2.64. The van der Waals surface area contributed by atoms with Gasteiger partial charge in [0.25, 0.3) is 0 Å². The lowest BCUT2D eigenvalue weighted by Gasteiger charge is -2.15. The summed E-state index contributed by atoms with van der Waals surface area (Å²) in [5.74, 6) is -1.49. The van der Waals surface area contributed by atoms with Crippen molar-refractivity contribution < 1.29 is 19.4 Å². The Kier molecular flexibility index (Phi) is 3.29. The van der Waals surface area contributed by atoms with Crippen molar-refractivity contribution in [2.24, 2.45) is 0 Å². The summed E-state index contributed by atoms with van der Waals surface area (Å²) >= 11 is 0. The fourth-order valence-corrected chi connectivity index (χ4v) is 1.36. The van der Waals surface area contributed by atoms with E-state index in [1.54, 1.807) is 13.0 Å². The first-order valence-electron chi connectivity index (χ1n) is 4.70. The van der Waals surface area contributed by atoms with Crippen LogP contribution in [0.25, 0.3) is 0 Å². The highest BCUT2D eigenvalue weighted by atomic mass is 16.7. The number of carbonyl (C=O) groups is 1. The van der Waals surface area contributed by atoms with Gasteiger partial charge in [-0.15, -0.1) is 0 Å². The number of rotatable bonds is 3. The van der Waals surface area contributed by atoms with Crippen LogP contribution in [-0.4, -0.2) is 29.6 Å². The molecule has 0 spiro atoms. The number of carboxylic acid groups (broad SMARTS) is 1. The normalized spacial score (nSPS) is 26.5. The van der Waals surface area contributed by atoms with Crippen LogP contribution >= 0.6 is 0 Å². The molecule has 0 saturated carbocycles. The number of hydrogen-bond donors (Lipinski definition) is 1. The Bertz CT molecular complexity index is 255. The SMILES string of the molecule is CC/C(=C\C1COC(C)(C)O1)C(=O)O. The zero-order valence-corrected chi connectivity index (χ0v) is 8.74. The van der Waals surface area contributed by atoms with E-state index in [9.17, 15) is 4.79 Å². The van der Waals surface area contributed by atoms with E-state index in [0.29, 0.717) is 18.6 Å². The number of aliphatic carboxylic acids is 1. The van der Waals surface area contributed by atoms with Crippen LogP contribution < -0.4 is 0 Å². The average molecular weight is 200 g/mol. The van der Waals surface area contributed by atoms with E-state index in [1.807, 2.05) is 13.8 Å². The smallest absolute Gasteiger partial charge is 0.331 e. The van der Waals surface area contributed by atoms with E-state index in [4.69, 9.17) is 14.6 Å². The monoisotopic (exact) mass is 200 g/mol. The summed E-state index contributed by atoms with van der Waals surface area (Å²) < 4.78 is 10.8. The summed E-state index contributed by atoms with van der Waals surface area (Å²) in [4.78, 5) is 10.7. The molecule has 1 fully saturated rings. The average Bonchev–Trinajstić information content (AvgIpc) is 2.41. The fraction of sp³-hybridized carbons (Fsp3) is 0.700. The van der Waals surface area contributed by atoms with E-state index in [-0.39, 0.29) is 6.10 Å². The molecule has 1 aliphatic heterocycles. The predicted molar refractivity (Wildman–Crippen MR) is 50.9 cm³/mol. The third kappa shape index (κ3) is 2.82. The second kappa shape index (κ2) is 4.11. The number of hydrogen-bond acceptors (Lipinski definition) is 3. The summed E-state index contributed by atoms with van der Waals surface area (Å²) in [5, 5.41) is 8.80. The fourth-order valence-electron chi connectivity index (χ4n) is 1.36. The van der Waals surface area contributed by atoms with Gasteiger partial charge in [-0.3, -0.25) is 0 Å². The topological polar surface area (TPSA) is 55.8 Å². The van der Waals surface area contributed by atoms with Crippen molar-refractivity contribution in [3.63, 3.8) is 0 Å². The van der Waals surface area contributed by atoms with Gasteiger partial charge in [-0.2, -0.15) is 0 Å². The standard InChI is InChI=1S/C10H16O4/c1-4-7(9(11)12)5-8-6-13-10(2,3)14-8/h5,8H,4,6H2,1-3H3,(H,11,12)/b7-5+. The molecule has 1 unspecified atom stereocenters. The Morgan fingerprint density at radius 3 is 2.64 bits per heavy atom. The molecule has 0 radical (unpaired) electrons. The molecule has 80 valence electrons. The summed E-state index contributed by atoms with van der Waals surface area (Å²) in [7, 11) is 0. The van der Waals surface area contributed by atoms with Gasteiger partial charge in [0.15, 0.2) is 5.79 Å². The maximum Gasteiger partial charge on any atom is 0.331 e. The third-order valence-corrected chi connectivity index (χ3v) is 2.07. The second-order valence-electron chi connectivity index (χ2n) is 3.72. The van der Waals surface area contributed by atoms with Crippen molar-refractivity contribution in [3.05, 3.63) is 11.6 Å². The van der Waals surface area contributed by atoms with E-state index in [0.717, 1.165) is 0 Å². The largest absolute Gasteiger partial charge is 0.478 e. The molecule has 1 aliphatic rings. The molecule has 0 aromatic heterocycles. The van der Waals surface area contributed by atoms with Crippen LogP contribution in [0.3, 0.4) is 0 Å². The van der Waals surface area contributed by atoms with E-state index in [1.165, 1.54) is 0 Å². The van der Waals surface area contributed by atoms with Crippen LogP contribution in [0.5, 0.6) is 0 Å². The quantitative estimate of drug-likeness (QED) is 0.702. The Labute approximate surface area is 83.5 Å². The van der Waals surface area contributed by atoms with Gasteiger partial charge in [-0.25, -0.2) is 4.79 Å². The van der Waals surface area contributed by atoms with Gasteiger partial charge >= 0.3 is 5.97 Å². The molecular weight excluding hydrogens is 184 g/mol. The molecule has 0 amide bonds. The molecule has 0 aromatic rings. The van der Waals surface area contributed by atoms with Crippen LogP contribution in [0.4, 0.5) is 0 Å². The molecule has 1 saturated heterocycles. The first kappa shape index (κ1) is 11.2. The molecule has 0 aliphatic carbocycles. The zero-order chi connectivity index (χ0) is 10.8. The van der Waals surface area contributed by atoms with Crippen molar-refractivity contribution >= 4 is 5.97 Å². The molecule has 1 atom stereocenters. The van der Waals surface area contributed by atoms with E-state index < -0.39 is 11.8 Å². The van der Waals surface area contributed by atoms with Crippen LogP contribution in [0, 0.1) is 0 Å². The van der Waals surface area contributed by atoms with Crippen molar-refractivity contribution in [3.8, 4) is 0 Å². The first-order chi connectivity index (χ1) is 6.44. The minimum absolute atomic E-state index is 0.240. The molecule has 4 heteroatoms. The van der Waals surface area contributed by atoms with Gasteiger partial charge in [-0.1, -0.05) is 6.92 Å². The third-order valence-electron chi connectivity index (χ3n) is 2.07.